The van der Waals surface area contributed by atoms with Crippen LogP contribution in [0.1, 0.15) is 376 Å². The lowest BCUT2D eigenvalue weighted by molar-refractivity contribution is -0.161. The van der Waals surface area contributed by atoms with Crippen LogP contribution in [0.3, 0.4) is 0 Å². The van der Waals surface area contributed by atoms with E-state index in [9.17, 15) is 43.2 Å². The molecule has 0 aromatic heterocycles. The van der Waals surface area contributed by atoms with Crippen molar-refractivity contribution in [3.05, 3.63) is 0 Å². The van der Waals surface area contributed by atoms with E-state index in [1.54, 1.807) is 0 Å². The zero-order valence-electron chi connectivity index (χ0n) is 60.7. The first-order valence-electron chi connectivity index (χ1n) is 38.3. The van der Waals surface area contributed by atoms with E-state index >= 15 is 0 Å². The van der Waals surface area contributed by atoms with E-state index in [4.69, 9.17) is 37.0 Å². The highest BCUT2D eigenvalue weighted by atomic mass is 31.2. The average molecular weight is 1370 g/mol. The highest BCUT2D eigenvalue weighted by molar-refractivity contribution is 7.47. The first kappa shape index (κ1) is 91.1. The predicted molar refractivity (Wildman–Crippen MR) is 377 cm³/mol. The molecule has 0 heterocycles. The summed E-state index contributed by atoms with van der Waals surface area (Å²) < 4.78 is 68.4. The Morgan fingerprint density at radius 1 is 0.290 bits per heavy atom. The van der Waals surface area contributed by atoms with Crippen LogP contribution in [0.25, 0.3) is 0 Å². The van der Waals surface area contributed by atoms with Crippen molar-refractivity contribution in [2.45, 2.75) is 394 Å². The molecule has 0 aromatic carbocycles. The molecule has 19 heteroatoms. The molecule has 0 radical (unpaired) electrons. The van der Waals surface area contributed by atoms with Crippen LogP contribution >= 0.6 is 15.6 Å². The van der Waals surface area contributed by atoms with E-state index < -0.39 is 97.5 Å². The second-order valence-corrected chi connectivity index (χ2v) is 31.0. The summed E-state index contributed by atoms with van der Waals surface area (Å²) in [5, 5.41) is 10.6. The molecule has 0 fully saturated rings. The number of ether oxygens (including phenoxy) is 4. The van der Waals surface area contributed by atoms with E-state index in [1.807, 2.05) is 0 Å². The summed E-state index contributed by atoms with van der Waals surface area (Å²) in [6.45, 7) is 11.8. The maximum atomic E-state index is 13.1. The molecule has 0 aliphatic carbocycles. The van der Waals surface area contributed by atoms with Crippen LogP contribution in [0.5, 0.6) is 0 Å². The summed E-state index contributed by atoms with van der Waals surface area (Å²) in [5.74, 6) is 0.0553. The zero-order valence-corrected chi connectivity index (χ0v) is 62.5. The smallest absolute Gasteiger partial charge is 0.462 e. The van der Waals surface area contributed by atoms with Crippen molar-refractivity contribution in [2.24, 2.45) is 17.8 Å². The molecule has 17 nitrogen and oxygen atoms in total. The summed E-state index contributed by atoms with van der Waals surface area (Å²) in [6, 6.07) is 0. The van der Waals surface area contributed by atoms with E-state index in [0.29, 0.717) is 31.6 Å². The standard InChI is InChI=1S/C74H144O17P2/c1-8-9-10-11-12-13-14-15-16-17-18-19-20-25-28-34-43-50-57-73(78)90-69(61-84-71(76)55-48-41-33-27-24-22-21-23-26-31-38-45-52-65(2)3)63-88-92(80,81)86-59-68(75)60-87-93(82,83)89-64-70(62-85-72(77)56-49-42-37-36-40-47-54-67(6)7)91-74(79)58-51-44-35-30-29-32-39-46-53-66(4)5/h65-70,75H,8-64H2,1-7H3,(H,80,81)(H,82,83)/t68-,69-,70-/m1/s1. The van der Waals surface area contributed by atoms with Crippen molar-refractivity contribution >= 4 is 39.5 Å². The normalized spacial score (nSPS) is 14.1. The Morgan fingerprint density at radius 3 is 0.731 bits per heavy atom. The number of esters is 4. The second-order valence-electron chi connectivity index (χ2n) is 28.1. The Hall–Kier alpha value is -1.94. The molecule has 0 saturated heterocycles. The van der Waals surface area contributed by atoms with Crippen molar-refractivity contribution < 1.29 is 80.2 Å². The molecule has 0 rings (SSSR count). The fraction of sp³-hybridized carbons (Fsp3) is 0.946. The number of phosphoric ester groups is 2. The van der Waals surface area contributed by atoms with Crippen LogP contribution < -0.4 is 0 Å². The zero-order chi connectivity index (χ0) is 68.7. The van der Waals surface area contributed by atoms with Gasteiger partial charge in [-0.3, -0.25) is 37.3 Å². The number of hydrogen-bond acceptors (Lipinski definition) is 15. The Bertz CT molecular complexity index is 1820. The SMILES string of the molecule is CCCCCCCCCCCCCCCCCCCCC(=O)O[C@H](COC(=O)CCCCCCCCCCCCCCC(C)C)COP(=O)(O)OC[C@@H](O)COP(=O)(O)OC[C@@H](COC(=O)CCCCCCCCC(C)C)OC(=O)CCCCCCCCCCC(C)C. The highest BCUT2D eigenvalue weighted by Gasteiger charge is 2.30. The molecule has 0 amide bonds. The van der Waals surface area contributed by atoms with Crippen LogP contribution in [0, 0.1) is 17.8 Å². The minimum absolute atomic E-state index is 0.103. The fourth-order valence-electron chi connectivity index (χ4n) is 11.2. The van der Waals surface area contributed by atoms with Crippen molar-refractivity contribution in [3.63, 3.8) is 0 Å². The van der Waals surface area contributed by atoms with Crippen molar-refractivity contribution in [1.82, 2.24) is 0 Å². The molecule has 552 valence electrons. The predicted octanol–water partition coefficient (Wildman–Crippen LogP) is 21.4. The third-order valence-corrected chi connectivity index (χ3v) is 19.0. The van der Waals surface area contributed by atoms with Gasteiger partial charge in [0.05, 0.1) is 26.4 Å². The summed E-state index contributed by atoms with van der Waals surface area (Å²) in [7, 11) is -9.91. The Morgan fingerprint density at radius 2 is 0.495 bits per heavy atom. The molecule has 0 saturated carbocycles. The lowest BCUT2D eigenvalue weighted by Gasteiger charge is -2.21. The highest BCUT2D eigenvalue weighted by Crippen LogP contribution is 2.45. The van der Waals surface area contributed by atoms with E-state index in [1.165, 1.54) is 180 Å². The molecule has 0 aliphatic heterocycles. The molecule has 2 unspecified atom stereocenters. The van der Waals surface area contributed by atoms with Crippen molar-refractivity contribution in [2.75, 3.05) is 39.6 Å². The number of phosphoric acid groups is 2. The summed E-state index contributed by atoms with van der Waals surface area (Å²) in [4.78, 5) is 72.7. The largest absolute Gasteiger partial charge is 0.472 e. The molecular weight excluding hydrogens is 1220 g/mol. The molecule has 0 aromatic rings. The molecule has 0 spiro atoms. The average Bonchev–Trinajstić information content (AvgIpc) is 1.59. The van der Waals surface area contributed by atoms with Crippen LogP contribution in [0.2, 0.25) is 0 Å². The van der Waals surface area contributed by atoms with Crippen LogP contribution in [-0.2, 0) is 65.4 Å². The van der Waals surface area contributed by atoms with Gasteiger partial charge in [0.2, 0.25) is 0 Å². The van der Waals surface area contributed by atoms with E-state index in [-0.39, 0.29) is 25.7 Å². The number of rotatable bonds is 72. The molecule has 5 atom stereocenters. The number of unbranched alkanes of at least 4 members (excludes halogenated alkanes) is 40. The molecular formula is C74H144O17P2. The fourth-order valence-corrected chi connectivity index (χ4v) is 12.8. The van der Waals surface area contributed by atoms with Gasteiger partial charge in [-0.05, 0) is 43.4 Å². The molecule has 3 N–H and O–H groups in total. The molecule has 0 aliphatic rings. The first-order valence-corrected chi connectivity index (χ1v) is 41.3. The van der Waals surface area contributed by atoms with Gasteiger partial charge >= 0.3 is 39.5 Å². The Kier molecular flexibility index (Phi) is 63.4. The van der Waals surface area contributed by atoms with Gasteiger partial charge in [0.15, 0.2) is 12.2 Å². The number of aliphatic hydroxyl groups is 1. The van der Waals surface area contributed by atoms with Crippen LogP contribution in [-0.4, -0.2) is 96.7 Å². The number of carbonyl (C=O) groups excluding carboxylic acids is 4. The van der Waals surface area contributed by atoms with Gasteiger partial charge in [-0.2, -0.15) is 0 Å². The van der Waals surface area contributed by atoms with Gasteiger partial charge in [-0.15, -0.1) is 0 Å². The van der Waals surface area contributed by atoms with Crippen LogP contribution in [0.4, 0.5) is 0 Å². The molecule has 0 bridgehead atoms. The first-order chi connectivity index (χ1) is 44.7. The number of aliphatic hydroxyl groups excluding tert-OH is 1. The molecule has 93 heavy (non-hydrogen) atoms. The minimum atomic E-state index is -4.96. The third-order valence-electron chi connectivity index (χ3n) is 17.1. The lowest BCUT2D eigenvalue weighted by Crippen LogP contribution is -2.30. The minimum Gasteiger partial charge on any atom is -0.462 e. The van der Waals surface area contributed by atoms with Crippen molar-refractivity contribution in [3.8, 4) is 0 Å². The van der Waals surface area contributed by atoms with Gasteiger partial charge in [-0.25, -0.2) is 9.13 Å². The van der Waals surface area contributed by atoms with Gasteiger partial charge in [0.25, 0.3) is 0 Å². The maximum absolute atomic E-state index is 13.1. The maximum Gasteiger partial charge on any atom is 0.472 e. The number of hydrogen-bond donors (Lipinski definition) is 3. The summed E-state index contributed by atoms with van der Waals surface area (Å²) in [6.07, 6.45) is 50.2. The monoisotopic (exact) mass is 1370 g/mol. The third kappa shape index (κ3) is 68.4. The van der Waals surface area contributed by atoms with E-state index in [0.717, 1.165) is 108 Å². The summed E-state index contributed by atoms with van der Waals surface area (Å²) in [5.41, 5.74) is 0. The lowest BCUT2D eigenvalue weighted by atomic mass is 10.0. The van der Waals surface area contributed by atoms with Crippen molar-refractivity contribution in [1.29, 1.82) is 0 Å². The second kappa shape index (κ2) is 64.7. The quantitative estimate of drug-likeness (QED) is 0.0222. The Balaban J connectivity index is 5.23. The summed E-state index contributed by atoms with van der Waals surface area (Å²) >= 11 is 0. The van der Waals surface area contributed by atoms with Crippen LogP contribution in [0.15, 0.2) is 0 Å². The number of carbonyl (C=O) groups is 4. The Labute approximate surface area is 568 Å². The van der Waals surface area contributed by atoms with Gasteiger partial charge < -0.3 is 33.8 Å². The van der Waals surface area contributed by atoms with Gasteiger partial charge in [0, 0.05) is 25.7 Å². The topological polar surface area (TPSA) is 237 Å². The van der Waals surface area contributed by atoms with E-state index in [2.05, 4.69) is 48.5 Å². The van der Waals surface area contributed by atoms with Gasteiger partial charge in [-0.1, -0.05) is 325 Å². The van der Waals surface area contributed by atoms with Gasteiger partial charge in [0.1, 0.15) is 19.3 Å².